The lowest BCUT2D eigenvalue weighted by Crippen LogP contribution is -2.19. The predicted molar refractivity (Wildman–Crippen MR) is 76.1 cm³/mol. The molecule has 1 N–H and O–H groups in total. The number of para-hydroxylation sites is 1. The number of hydrogen-bond acceptors (Lipinski definition) is 2. The third kappa shape index (κ3) is 3.47. The topological polar surface area (TPSA) is 21.3 Å². The molecule has 0 aromatic heterocycles. The average molecular weight is 277 g/mol. The van der Waals surface area contributed by atoms with E-state index in [1.54, 1.807) is 7.11 Å². The summed E-state index contributed by atoms with van der Waals surface area (Å²) >= 11 is 0. The van der Waals surface area contributed by atoms with Crippen molar-refractivity contribution < 1.29 is 13.5 Å². The second-order valence-electron chi connectivity index (χ2n) is 4.69. The first-order valence-electron chi connectivity index (χ1n) is 6.43. The maximum Gasteiger partial charge on any atom is 0.146 e. The maximum absolute atomic E-state index is 13.6. The van der Waals surface area contributed by atoms with Crippen LogP contribution in [0.2, 0.25) is 0 Å². The minimum absolute atomic E-state index is 0.0531. The Bertz CT molecular complexity index is 586. The number of nitrogens with one attached hydrogen (secondary N) is 1. The summed E-state index contributed by atoms with van der Waals surface area (Å²) in [5.41, 5.74) is 1.19. The van der Waals surface area contributed by atoms with Gasteiger partial charge in [0.05, 0.1) is 12.8 Å². The van der Waals surface area contributed by atoms with Crippen molar-refractivity contribution in [2.24, 2.45) is 0 Å². The number of rotatable bonds is 5. The fourth-order valence-corrected chi connectivity index (χ4v) is 2.13. The normalized spacial score (nSPS) is 12.0. The molecule has 2 nitrogen and oxygen atoms in total. The zero-order chi connectivity index (χ0) is 14.5. The molecule has 106 valence electrons. The summed E-state index contributed by atoms with van der Waals surface area (Å²) in [6.07, 6.45) is 0.653. The van der Waals surface area contributed by atoms with Crippen LogP contribution in [0.5, 0.6) is 5.75 Å². The quantitative estimate of drug-likeness (QED) is 0.891. The molecule has 2 aromatic rings. The van der Waals surface area contributed by atoms with Crippen molar-refractivity contribution in [2.75, 3.05) is 12.4 Å². The molecule has 0 saturated heterocycles. The molecule has 1 atom stereocenters. The van der Waals surface area contributed by atoms with Crippen LogP contribution in [0, 0.1) is 11.6 Å². The van der Waals surface area contributed by atoms with Crippen LogP contribution in [0.1, 0.15) is 12.5 Å². The van der Waals surface area contributed by atoms with Gasteiger partial charge in [0.15, 0.2) is 0 Å². The molecule has 0 aliphatic rings. The van der Waals surface area contributed by atoms with Gasteiger partial charge in [0, 0.05) is 6.04 Å². The van der Waals surface area contributed by atoms with E-state index in [-0.39, 0.29) is 11.7 Å². The van der Waals surface area contributed by atoms with Crippen molar-refractivity contribution in [3.05, 3.63) is 59.7 Å². The van der Waals surface area contributed by atoms with E-state index >= 15 is 0 Å². The number of halogens is 2. The van der Waals surface area contributed by atoms with Crippen molar-refractivity contribution in [1.82, 2.24) is 0 Å². The molecule has 20 heavy (non-hydrogen) atoms. The van der Waals surface area contributed by atoms with Gasteiger partial charge in [-0.2, -0.15) is 0 Å². The number of benzene rings is 2. The van der Waals surface area contributed by atoms with E-state index in [9.17, 15) is 8.78 Å². The van der Waals surface area contributed by atoms with Gasteiger partial charge in [0.2, 0.25) is 0 Å². The van der Waals surface area contributed by atoms with Crippen LogP contribution in [-0.2, 0) is 6.42 Å². The van der Waals surface area contributed by atoms with Gasteiger partial charge in [-0.3, -0.25) is 0 Å². The average Bonchev–Trinajstić information content (AvgIpc) is 2.43. The van der Waals surface area contributed by atoms with Crippen LogP contribution in [-0.4, -0.2) is 13.2 Å². The number of anilines is 1. The van der Waals surface area contributed by atoms with Crippen LogP contribution >= 0.6 is 0 Å². The molecule has 4 heteroatoms. The summed E-state index contributed by atoms with van der Waals surface area (Å²) in [5.74, 6) is -0.127. The summed E-state index contributed by atoms with van der Waals surface area (Å²) in [6.45, 7) is 1.91. The molecule has 0 spiro atoms. The third-order valence-corrected chi connectivity index (χ3v) is 3.05. The molecule has 0 amide bonds. The molecular formula is C16H17F2NO. The molecule has 0 aliphatic carbocycles. The Kier molecular flexibility index (Phi) is 4.56. The molecule has 0 bridgehead atoms. The van der Waals surface area contributed by atoms with E-state index in [1.165, 1.54) is 0 Å². The molecule has 0 fully saturated rings. The fourth-order valence-electron chi connectivity index (χ4n) is 2.13. The summed E-state index contributed by atoms with van der Waals surface area (Å²) < 4.78 is 32.0. The lowest BCUT2D eigenvalue weighted by Gasteiger charge is -2.17. The van der Waals surface area contributed by atoms with Crippen molar-refractivity contribution in [1.29, 1.82) is 0 Å². The van der Waals surface area contributed by atoms with Gasteiger partial charge in [-0.15, -0.1) is 0 Å². The first-order chi connectivity index (χ1) is 9.60. The molecule has 0 saturated carbocycles. The van der Waals surface area contributed by atoms with E-state index < -0.39 is 11.6 Å². The number of methoxy groups -OCH3 is 1. The van der Waals surface area contributed by atoms with E-state index in [0.29, 0.717) is 6.42 Å². The molecule has 0 radical (unpaired) electrons. The minimum atomic E-state index is -0.460. The molecular weight excluding hydrogens is 260 g/mol. The van der Waals surface area contributed by atoms with E-state index in [1.807, 2.05) is 31.2 Å². The summed E-state index contributed by atoms with van der Waals surface area (Å²) in [6, 6.07) is 11.0. The van der Waals surface area contributed by atoms with Crippen LogP contribution in [0.4, 0.5) is 14.5 Å². The number of hydrogen-bond donors (Lipinski definition) is 1. The lowest BCUT2D eigenvalue weighted by molar-refractivity contribution is 0.409. The summed E-state index contributed by atoms with van der Waals surface area (Å²) in [5, 5.41) is 2.98. The van der Waals surface area contributed by atoms with E-state index in [0.717, 1.165) is 29.5 Å². The Balaban J connectivity index is 2.09. The molecule has 2 aromatic carbocycles. The van der Waals surface area contributed by atoms with Crippen molar-refractivity contribution >= 4 is 5.69 Å². The van der Waals surface area contributed by atoms with E-state index in [2.05, 4.69) is 5.32 Å². The second-order valence-corrected chi connectivity index (χ2v) is 4.69. The smallest absolute Gasteiger partial charge is 0.146 e. The molecule has 0 aliphatic heterocycles. The van der Waals surface area contributed by atoms with Gasteiger partial charge in [-0.1, -0.05) is 18.2 Å². The SMILES string of the molecule is COc1ccccc1CC(C)Nc1cc(F)ccc1F. The molecule has 1 unspecified atom stereocenters. The monoisotopic (exact) mass is 277 g/mol. The minimum Gasteiger partial charge on any atom is -0.496 e. The Labute approximate surface area is 117 Å². The highest BCUT2D eigenvalue weighted by Gasteiger charge is 2.10. The zero-order valence-corrected chi connectivity index (χ0v) is 11.5. The highest BCUT2D eigenvalue weighted by atomic mass is 19.1. The van der Waals surface area contributed by atoms with Crippen molar-refractivity contribution in [2.45, 2.75) is 19.4 Å². The summed E-state index contributed by atoms with van der Waals surface area (Å²) in [7, 11) is 1.61. The lowest BCUT2D eigenvalue weighted by atomic mass is 10.1. The second kappa shape index (κ2) is 6.37. The highest BCUT2D eigenvalue weighted by Crippen LogP contribution is 2.21. The third-order valence-electron chi connectivity index (χ3n) is 3.05. The fraction of sp³-hybridized carbons (Fsp3) is 0.250. The van der Waals surface area contributed by atoms with Gasteiger partial charge < -0.3 is 10.1 Å². The Morgan fingerprint density at radius 1 is 1.15 bits per heavy atom. The molecule has 2 rings (SSSR count). The van der Waals surface area contributed by atoms with Crippen LogP contribution < -0.4 is 10.1 Å². The standard InChI is InChI=1S/C16H17F2NO/c1-11(9-12-5-3-4-6-16(12)20-2)19-15-10-13(17)7-8-14(15)18/h3-8,10-11,19H,9H2,1-2H3. The van der Waals surface area contributed by atoms with E-state index in [4.69, 9.17) is 4.74 Å². The number of ether oxygens (including phenoxy) is 1. The molecule has 0 heterocycles. The Morgan fingerprint density at radius 3 is 2.65 bits per heavy atom. The van der Waals surface area contributed by atoms with Gasteiger partial charge in [0.1, 0.15) is 17.4 Å². The first kappa shape index (κ1) is 14.3. The van der Waals surface area contributed by atoms with Crippen molar-refractivity contribution in [3.8, 4) is 5.75 Å². The Hall–Kier alpha value is -2.10. The van der Waals surface area contributed by atoms with Crippen molar-refractivity contribution in [3.63, 3.8) is 0 Å². The maximum atomic E-state index is 13.6. The Morgan fingerprint density at radius 2 is 1.90 bits per heavy atom. The van der Waals surface area contributed by atoms with Gasteiger partial charge in [-0.05, 0) is 43.2 Å². The highest BCUT2D eigenvalue weighted by molar-refractivity contribution is 5.46. The zero-order valence-electron chi connectivity index (χ0n) is 11.5. The van der Waals surface area contributed by atoms with Gasteiger partial charge >= 0.3 is 0 Å². The predicted octanol–water partition coefficient (Wildman–Crippen LogP) is 4.02. The largest absolute Gasteiger partial charge is 0.496 e. The van der Waals surface area contributed by atoms with Crippen LogP contribution in [0.3, 0.4) is 0 Å². The van der Waals surface area contributed by atoms with Crippen LogP contribution in [0.25, 0.3) is 0 Å². The van der Waals surface area contributed by atoms with Gasteiger partial charge in [0.25, 0.3) is 0 Å². The first-order valence-corrected chi connectivity index (χ1v) is 6.43. The summed E-state index contributed by atoms with van der Waals surface area (Å²) in [4.78, 5) is 0. The van der Waals surface area contributed by atoms with Crippen LogP contribution in [0.15, 0.2) is 42.5 Å². The van der Waals surface area contributed by atoms with Gasteiger partial charge in [-0.25, -0.2) is 8.78 Å².